The monoisotopic (exact) mass is 217 g/mol. The van der Waals surface area contributed by atoms with Crippen LogP contribution in [0.25, 0.3) is 0 Å². The number of hydrogen-bond donors (Lipinski definition) is 0. The third kappa shape index (κ3) is 5.46. The molecule has 0 atom stereocenters. The van der Waals surface area contributed by atoms with Gasteiger partial charge in [-0.25, -0.2) is 0 Å². The predicted octanol–water partition coefficient (Wildman–Crippen LogP) is -0.000800. The van der Waals surface area contributed by atoms with Crippen LogP contribution in [0.4, 0.5) is 0 Å². The van der Waals surface area contributed by atoms with Gasteiger partial charge in [0.25, 0.3) is 0 Å². The van der Waals surface area contributed by atoms with E-state index in [1.807, 2.05) is 12.2 Å². The highest BCUT2D eigenvalue weighted by Crippen LogP contribution is 2.10. The fourth-order valence-electron chi connectivity index (χ4n) is 2.05. The molecule has 0 amide bonds. The van der Waals surface area contributed by atoms with Crippen molar-refractivity contribution >= 4 is 0 Å². The molecule has 0 rings (SSSR count). The van der Waals surface area contributed by atoms with Crippen molar-refractivity contribution in [2.45, 2.75) is 26.7 Å². The van der Waals surface area contributed by atoms with E-state index in [9.17, 15) is 0 Å². The van der Waals surface area contributed by atoms with E-state index in [-0.39, 0.29) is 12.4 Å². The van der Waals surface area contributed by atoms with Crippen molar-refractivity contribution in [3.8, 4) is 0 Å². The van der Waals surface area contributed by atoms with Crippen LogP contribution in [-0.2, 0) is 0 Å². The van der Waals surface area contributed by atoms with Gasteiger partial charge in [-0.15, -0.1) is 0 Å². The van der Waals surface area contributed by atoms with E-state index in [0.717, 1.165) is 17.6 Å². The quantitative estimate of drug-likeness (QED) is 0.397. The summed E-state index contributed by atoms with van der Waals surface area (Å²) >= 11 is 0. The molecule has 0 aliphatic carbocycles. The Balaban J connectivity index is 0. The van der Waals surface area contributed by atoms with E-state index >= 15 is 0 Å². The first kappa shape index (κ1) is 16.2. The number of nitrogens with zero attached hydrogens (tertiary/aromatic N) is 1. The third-order valence-corrected chi connectivity index (χ3v) is 2.43. The topological polar surface area (TPSA) is 0 Å². The minimum atomic E-state index is 0. The highest BCUT2D eigenvalue weighted by Gasteiger charge is 2.21. The summed E-state index contributed by atoms with van der Waals surface area (Å²) in [7, 11) is 0. The second-order valence-electron chi connectivity index (χ2n) is 3.73. The minimum absolute atomic E-state index is 0. The van der Waals surface area contributed by atoms with E-state index in [0.29, 0.717) is 0 Å². The van der Waals surface area contributed by atoms with E-state index < -0.39 is 0 Å². The van der Waals surface area contributed by atoms with Crippen LogP contribution >= 0.6 is 0 Å². The van der Waals surface area contributed by atoms with Crippen LogP contribution in [0.2, 0.25) is 0 Å². The Labute approximate surface area is 95.5 Å². The SMILES string of the molecule is C=CC[N+](CC=C)(CCC)CCC.[Cl-]. The zero-order valence-corrected chi connectivity index (χ0v) is 10.4. The normalized spacial score (nSPS) is 10.4. The van der Waals surface area contributed by atoms with Gasteiger partial charge in [-0.05, 0) is 25.0 Å². The Morgan fingerprint density at radius 2 is 1.29 bits per heavy atom. The molecule has 0 radical (unpaired) electrons. The highest BCUT2D eigenvalue weighted by atomic mass is 35.5. The molecule has 0 saturated carbocycles. The third-order valence-electron chi connectivity index (χ3n) is 2.43. The molecule has 14 heavy (non-hydrogen) atoms. The van der Waals surface area contributed by atoms with Gasteiger partial charge in [0, 0.05) is 0 Å². The van der Waals surface area contributed by atoms with Gasteiger partial charge in [-0.1, -0.05) is 27.0 Å². The van der Waals surface area contributed by atoms with E-state index in [1.165, 1.54) is 25.9 Å². The zero-order valence-electron chi connectivity index (χ0n) is 9.64. The van der Waals surface area contributed by atoms with Gasteiger partial charge >= 0.3 is 0 Å². The Morgan fingerprint density at radius 1 is 0.929 bits per heavy atom. The van der Waals surface area contributed by atoms with Crippen LogP contribution in [0.1, 0.15) is 26.7 Å². The van der Waals surface area contributed by atoms with E-state index in [4.69, 9.17) is 0 Å². The van der Waals surface area contributed by atoms with Gasteiger partial charge in [0.15, 0.2) is 0 Å². The molecule has 0 heterocycles. The Hall–Kier alpha value is -0.270. The van der Waals surface area contributed by atoms with Gasteiger partial charge < -0.3 is 16.9 Å². The van der Waals surface area contributed by atoms with Crippen LogP contribution in [0.5, 0.6) is 0 Å². The molecule has 0 fully saturated rings. The average Bonchev–Trinajstić information content (AvgIpc) is 2.06. The summed E-state index contributed by atoms with van der Waals surface area (Å²) in [6.45, 7) is 16.8. The van der Waals surface area contributed by atoms with Crippen molar-refractivity contribution in [2.24, 2.45) is 0 Å². The molecule has 0 aromatic rings. The molecule has 84 valence electrons. The lowest BCUT2D eigenvalue weighted by atomic mass is 10.2. The molecule has 0 N–H and O–H groups in total. The number of hydrogen-bond acceptors (Lipinski definition) is 0. The summed E-state index contributed by atoms with van der Waals surface area (Å²) in [5.41, 5.74) is 0. The maximum atomic E-state index is 3.84. The molecular formula is C12H24ClN. The summed E-state index contributed by atoms with van der Waals surface area (Å²) in [6, 6.07) is 0. The fourth-order valence-corrected chi connectivity index (χ4v) is 2.05. The maximum Gasteiger partial charge on any atom is 0.0973 e. The van der Waals surface area contributed by atoms with Crippen LogP contribution in [0.3, 0.4) is 0 Å². The molecule has 0 spiro atoms. The van der Waals surface area contributed by atoms with E-state index in [1.54, 1.807) is 0 Å². The first-order chi connectivity index (χ1) is 6.24. The largest absolute Gasteiger partial charge is 1.00 e. The molecule has 0 aliphatic heterocycles. The van der Waals surface area contributed by atoms with Crippen molar-refractivity contribution in [1.82, 2.24) is 0 Å². The van der Waals surface area contributed by atoms with Crippen LogP contribution in [0, 0.1) is 0 Å². The van der Waals surface area contributed by atoms with Crippen molar-refractivity contribution in [2.75, 3.05) is 26.2 Å². The standard InChI is InChI=1S/C12H24N.ClH/c1-5-9-13(10-6-2,11-7-3)12-8-4;/h5-6H,1-2,7-12H2,3-4H3;1H/q+1;/p-1. The molecule has 2 heteroatoms. The van der Waals surface area contributed by atoms with Crippen LogP contribution in [-0.4, -0.2) is 30.7 Å². The molecule has 0 saturated heterocycles. The molecule has 0 aromatic carbocycles. The second kappa shape index (κ2) is 9.29. The first-order valence-electron chi connectivity index (χ1n) is 5.31. The molecule has 0 aromatic heterocycles. The summed E-state index contributed by atoms with van der Waals surface area (Å²) in [6.07, 6.45) is 6.55. The van der Waals surface area contributed by atoms with Crippen molar-refractivity contribution in [3.05, 3.63) is 25.3 Å². The fraction of sp³-hybridized carbons (Fsp3) is 0.667. The lowest BCUT2D eigenvalue weighted by Gasteiger charge is -2.36. The highest BCUT2D eigenvalue weighted by molar-refractivity contribution is 4.71. The first-order valence-corrected chi connectivity index (χ1v) is 5.31. The van der Waals surface area contributed by atoms with Gasteiger partial charge in [0.05, 0.1) is 26.2 Å². The molecule has 0 unspecified atom stereocenters. The zero-order chi connectivity index (χ0) is 10.2. The molecule has 1 nitrogen and oxygen atoms in total. The number of quaternary nitrogens is 1. The van der Waals surface area contributed by atoms with Crippen molar-refractivity contribution in [3.63, 3.8) is 0 Å². The second-order valence-corrected chi connectivity index (χ2v) is 3.73. The maximum absolute atomic E-state index is 3.84. The summed E-state index contributed by atoms with van der Waals surface area (Å²) in [5.74, 6) is 0. The average molecular weight is 218 g/mol. The summed E-state index contributed by atoms with van der Waals surface area (Å²) in [4.78, 5) is 0. The molecule has 0 bridgehead atoms. The van der Waals surface area contributed by atoms with Gasteiger partial charge in [0.1, 0.15) is 0 Å². The summed E-state index contributed by atoms with van der Waals surface area (Å²) in [5, 5.41) is 0. The minimum Gasteiger partial charge on any atom is -1.00 e. The van der Waals surface area contributed by atoms with Crippen LogP contribution in [0.15, 0.2) is 25.3 Å². The Morgan fingerprint density at radius 3 is 1.50 bits per heavy atom. The van der Waals surface area contributed by atoms with Crippen molar-refractivity contribution in [1.29, 1.82) is 0 Å². The molecule has 0 aliphatic rings. The number of halogens is 1. The predicted molar refractivity (Wildman–Crippen MR) is 60.7 cm³/mol. The van der Waals surface area contributed by atoms with Gasteiger partial charge in [-0.3, -0.25) is 0 Å². The van der Waals surface area contributed by atoms with Crippen LogP contribution < -0.4 is 12.4 Å². The Kier molecular flexibility index (Phi) is 10.7. The molecular weight excluding hydrogens is 194 g/mol. The lowest BCUT2D eigenvalue weighted by molar-refractivity contribution is -0.917. The Bertz CT molecular complexity index is 136. The van der Waals surface area contributed by atoms with Gasteiger partial charge in [-0.2, -0.15) is 0 Å². The summed E-state index contributed by atoms with van der Waals surface area (Å²) < 4.78 is 1.14. The van der Waals surface area contributed by atoms with Crippen molar-refractivity contribution < 1.29 is 16.9 Å². The van der Waals surface area contributed by atoms with Gasteiger partial charge in [0.2, 0.25) is 0 Å². The number of rotatable bonds is 8. The lowest BCUT2D eigenvalue weighted by Crippen LogP contribution is -3.00. The smallest absolute Gasteiger partial charge is 0.0973 e. The van der Waals surface area contributed by atoms with E-state index in [2.05, 4.69) is 27.0 Å².